The highest BCUT2D eigenvalue weighted by molar-refractivity contribution is 5.47. The van der Waals surface area contributed by atoms with Gasteiger partial charge in [-0.3, -0.25) is 0 Å². The van der Waals surface area contributed by atoms with Gasteiger partial charge in [0.1, 0.15) is 5.82 Å². The van der Waals surface area contributed by atoms with E-state index in [2.05, 4.69) is 22.2 Å². The van der Waals surface area contributed by atoms with E-state index in [1.165, 1.54) is 19.3 Å². The van der Waals surface area contributed by atoms with Crippen molar-refractivity contribution in [3.8, 4) is 0 Å². The van der Waals surface area contributed by atoms with Crippen LogP contribution in [0.3, 0.4) is 0 Å². The summed E-state index contributed by atoms with van der Waals surface area (Å²) in [6, 6.07) is 0. The number of hydrogen-bond donors (Lipinski definition) is 2. The van der Waals surface area contributed by atoms with Gasteiger partial charge in [0.2, 0.25) is 5.95 Å². The van der Waals surface area contributed by atoms with Crippen LogP contribution in [0.25, 0.3) is 0 Å². The molecule has 0 aliphatic heterocycles. The van der Waals surface area contributed by atoms with E-state index in [4.69, 9.17) is 5.73 Å². The van der Waals surface area contributed by atoms with Crippen LogP contribution in [-0.4, -0.2) is 15.5 Å². The highest BCUT2D eigenvalue weighted by Gasteiger charge is 2.32. The molecule has 3 N–H and O–H groups in total. The van der Waals surface area contributed by atoms with Gasteiger partial charge in [0, 0.05) is 17.3 Å². The number of nitrogens with one attached hydrogen (secondary N) is 1. The molecule has 14 heavy (non-hydrogen) atoms. The van der Waals surface area contributed by atoms with E-state index >= 15 is 0 Å². The summed E-state index contributed by atoms with van der Waals surface area (Å²) in [5.74, 6) is 1.21. The molecule has 4 heteroatoms. The topological polar surface area (TPSA) is 63.8 Å². The molecule has 0 unspecified atom stereocenters. The van der Waals surface area contributed by atoms with Crippen molar-refractivity contribution in [2.75, 3.05) is 11.1 Å². The summed E-state index contributed by atoms with van der Waals surface area (Å²) < 4.78 is 0. The fourth-order valence-electron chi connectivity index (χ4n) is 1.70. The molecular formula is C10H16N4. The van der Waals surface area contributed by atoms with Crippen LogP contribution in [0.5, 0.6) is 0 Å². The van der Waals surface area contributed by atoms with E-state index in [0.717, 1.165) is 11.4 Å². The fraction of sp³-hybridized carbons (Fsp3) is 0.600. The number of rotatable bonds is 2. The van der Waals surface area contributed by atoms with E-state index in [0.29, 0.717) is 5.95 Å². The SMILES string of the molecule is Cc1cnc(N)nc1NC1(C)CCC1. The molecule has 4 nitrogen and oxygen atoms in total. The van der Waals surface area contributed by atoms with Gasteiger partial charge in [0.25, 0.3) is 0 Å². The van der Waals surface area contributed by atoms with Crippen molar-refractivity contribution in [2.24, 2.45) is 0 Å². The minimum absolute atomic E-state index is 0.214. The van der Waals surface area contributed by atoms with Crippen LogP contribution in [0.15, 0.2) is 6.20 Å². The third kappa shape index (κ3) is 1.64. The number of nitrogens with two attached hydrogens (primary N) is 1. The number of aryl methyl sites for hydroxylation is 1. The van der Waals surface area contributed by atoms with E-state index in [9.17, 15) is 0 Å². The van der Waals surface area contributed by atoms with Crippen LogP contribution in [0.2, 0.25) is 0 Å². The quantitative estimate of drug-likeness (QED) is 0.749. The van der Waals surface area contributed by atoms with Crippen molar-refractivity contribution in [1.82, 2.24) is 9.97 Å². The first kappa shape index (κ1) is 9.24. The third-order valence-corrected chi connectivity index (χ3v) is 2.87. The van der Waals surface area contributed by atoms with Crippen molar-refractivity contribution in [2.45, 2.75) is 38.6 Å². The number of hydrogen-bond acceptors (Lipinski definition) is 4. The van der Waals surface area contributed by atoms with Crippen molar-refractivity contribution in [1.29, 1.82) is 0 Å². The Bertz CT molecular complexity index is 344. The second kappa shape index (κ2) is 3.12. The maximum Gasteiger partial charge on any atom is 0.221 e. The maximum atomic E-state index is 5.54. The van der Waals surface area contributed by atoms with Gasteiger partial charge in [-0.05, 0) is 33.1 Å². The molecule has 1 aliphatic carbocycles. The Morgan fingerprint density at radius 2 is 2.21 bits per heavy atom. The molecule has 0 amide bonds. The van der Waals surface area contributed by atoms with Crippen LogP contribution in [-0.2, 0) is 0 Å². The minimum atomic E-state index is 0.214. The molecule has 1 aliphatic rings. The average molecular weight is 192 g/mol. The van der Waals surface area contributed by atoms with Gasteiger partial charge in [0.15, 0.2) is 0 Å². The molecule has 1 heterocycles. The standard InChI is InChI=1S/C10H16N4/c1-7-6-12-9(11)13-8(7)14-10(2)4-3-5-10/h6H,3-5H2,1-2H3,(H3,11,12,13,14). The number of nitrogen functional groups attached to an aromatic ring is 1. The molecule has 76 valence electrons. The Hall–Kier alpha value is -1.32. The molecule has 0 atom stereocenters. The van der Waals surface area contributed by atoms with Crippen LogP contribution in [0.4, 0.5) is 11.8 Å². The largest absolute Gasteiger partial charge is 0.368 e. The summed E-state index contributed by atoms with van der Waals surface area (Å²) in [6.45, 7) is 4.21. The van der Waals surface area contributed by atoms with Crippen LogP contribution in [0.1, 0.15) is 31.7 Å². The van der Waals surface area contributed by atoms with E-state index in [1.54, 1.807) is 6.20 Å². The Morgan fingerprint density at radius 3 is 2.79 bits per heavy atom. The summed E-state index contributed by atoms with van der Waals surface area (Å²) in [5, 5.41) is 3.43. The monoisotopic (exact) mass is 192 g/mol. The zero-order valence-electron chi connectivity index (χ0n) is 8.67. The first-order valence-electron chi connectivity index (χ1n) is 4.96. The Balaban J connectivity index is 2.19. The predicted molar refractivity (Wildman–Crippen MR) is 57.1 cm³/mol. The average Bonchev–Trinajstić information content (AvgIpc) is 2.09. The second-order valence-corrected chi connectivity index (χ2v) is 4.30. The van der Waals surface area contributed by atoms with Gasteiger partial charge in [-0.1, -0.05) is 0 Å². The van der Waals surface area contributed by atoms with Crippen molar-refractivity contribution >= 4 is 11.8 Å². The van der Waals surface area contributed by atoms with Crippen molar-refractivity contribution in [3.05, 3.63) is 11.8 Å². The summed E-state index contributed by atoms with van der Waals surface area (Å²) in [4.78, 5) is 8.14. The Kier molecular flexibility index (Phi) is 2.06. The van der Waals surface area contributed by atoms with Crippen molar-refractivity contribution < 1.29 is 0 Å². The summed E-state index contributed by atoms with van der Waals surface area (Å²) in [6.07, 6.45) is 5.46. The Morgan fingerprint density at radius 1 is 1.50 bits per heavy atom. The van der Waals surface area contributed by atoms with Crippen LogP contribution < -0.4 is 11.1 Å². The first-order chi connectivity index (χ1) is 6.59. The van der Waals surface area contributed by atoms with Crippen molar-refractivity contribution in [3.63, 3.8) is 0 Å². The maximum absolute atomic E-state index is 5.54. The lowest BCUT2D eigenvalue weighted by atomic mass is 9.78. The molecule has 0 aromatic carbocycles. The van der Waals surface area contributed by atoms with Gasteiger partial charge >= 0.3 is 0 Å². The Labute approximate surface area is 83.9 Å². The molecule has 1 saturated carbocycles. The van der Waals surface area contributed by atoms with Gasteiger partial charge in [0.05, 0.1) is 0 Å². The molecule has 0 bridgehead atoms. The zero-order valence-corrected chi connectivity index (χ0v) is 8.67. The second-order valence-electron chi connectivity index (χ2n) is 4.30. The van der Waals surface area contributed by atoms with Crippen LogP contribution >= 0.6 is 0 Å². The van der Waals surface area contributed by atoms with Gasteiger partial charge in [-0.15, -0.1) is 0 Å². The zero-order chi connectivity index (χ0) is 10.2. The number of aromatic nitrogens is 2. The molecule has 0 saturated heterocycles. The first-order valence-corrected chi connectivity index (χ1v) is 4.96. The molecule has 2 rings (SSSR count). The summed E-state index contributed by atoms with van der Waals surface area (Å²) >= 11 is 0. The van der Waals surface area contributed by atoms with E-state index < -0.39 is 0 Å². The number of nitrogens with zero attached hydrogens (tertiary/aromatic N) is 2. The van der Waals surface area contributed by atoms with Gasteiger partial charge in [-0.25, -0.2) is 4.98 Å². The molecule has 1 aromatic heterocycles. The molecule has 0 radical (unpaired) electrons. The lowest BCUT2D eigenvalue weighted by molar-refractivity contribution is 0.305. The van der Waals surface area contributed by atoms with E-state index in [-0.39, 0.29) is 5.54 Å². The molecule has 1 fully saturated rings. The fourth-order valence-corrected chi connectivity index (χ4v) is 1.70. The lowest BCUT2D eigenvalue weighted by Gasteiger charge is -2.39. The highest BCUT2D eigenvalue weighted by Crippen LogP contribution is 2.34. The molecule has 1 aromatic rings. The molecular weight excluding hydrogens is 176 g/mol. The summed E-state index contributed by atoms with van der Waals surface area (Å²) in [5.41, 5.74) is 6.81. The smallest absolute Gasteiger partial charge is 0.221 e. The van der Waals surface area contributed by atoms with Gasteiger partial charge in [-0.2, -0.15) is 4.98 Å². The highest BCUT2D eigenvalue weighted by atomic mass is 15.1. The minimum Gasteiger partial charge on any atom is -0.368 e. The summed E-state index contributed by atoms with van der Waals surface area (Å²) in [7, 11) is 0. The molecule has 0 spiro atoms. The number of anilines is 2. The third-order valence-electron chi connectivity index (χ3n) is 2.87. The van der Waals surface area contributed by atoms with Gasteiger partial charge < -0.3 is 11.1 Å². The normalized spacial score (nSPS) is 18.7. The predicted octanol–water partition coefficient (Wildman–Crippen LogP) is 1.72. The van der Waals surface area contributed by atoms with E-state index in [1.807, 2.05) is 6.92 Å². The van der Waals surface area contributed by atoms with Crippen LogP contribution in [0, 0.1) is 6.92 Å². The lowest BCUT2D eigenvalue weighted by Crippen LogP contribution is -2.42.